The summed E-state index contributed by atoms with van der Waals surface area (Å²) in [7, 11) is 0. The summed E-state index contributed by atoms with van der Waals surface area (Å²) in [6.07, 6.45) is 2.25. The number of hydrogen-bond donors (Lipinski definition) is 0. The topological polar surface area (TPSA) is 19.4 Å². The zero-order valence-electron chi connectivity index (χ0n) is 19.7. The highest BCUT2D eigenvalue weighted by molar-refractivity contribution is 5.11. The van der Waals surface area contributed by atoms with Crippen molar-refractivity contribution in [2.45, 2.75) is 88.6 Å². The number of hydrogen-bond acceptors (Lipinski definition) is 3. The Hall–Kier alpha value is -0.930. The van der Waals surface area contributed by atoms with Crippen LogP contribution in [0.1, 0.15) is 87.0 Å². The van der Waals surface area contributed by atoms with Crippen molar-refractivity contribution in [3.8, 4) is 0 Å². The number of likely N-dealkylation sites (N-methyl/N-ethyl adjacent to an activating group) is 2. The van der Waals surface area contributed by atoms with E-state index in [4.69, 9.17) is 4.98 Å². The Morgan fingerprint density at radius 3 is 1.65 bits per heavy atom. The first-order valence-electron chi connectivity index (χ1n) is 11.1. The summed E-state index contributed by atoms with van der Waals surface area (Å²) in [5, 5.41) is 0. The van der Waals surface area contributed by atoms with E-state index in [9.17, 15) is 0 Å². The van der Waals surface area contributed by atoms with Crippen molar-refractivity contribution < 1.29 is 0 Å². The van der Waals surface area contributed by atoms with Gasteiger partial charge in [-0.15, -0.1) is 0 Å². The van der Waals surface area contributed by atoms with Crippen LogP contribution in [0.3, 0.4) is 0 Å². The molecule has 3 heteroatoms. The van der Waals surface area contributed by atoms with Gasteiger partial charge in [-0.05, 0) is 44.6 Å². The van der Waals surface area contributed by atoms with Crippen molar-refractivity contribution in [2.75, 3.05) is 32.7 Å². The molecule has 26 heavy (non-hydrogen) atoms. The van der Waals surface area contributed by atoms with E-state index in [2.05, 4.69) is 55.7 Å². The molecular weight excluding hydrogens is 318 g/mol. The lowest BCUT2D eigenvalue weighted by Crippen LogP contribution is -2.35. The van der Waals surface area contributed by atoms with Gasteiger partial charge in [-0.2, -0.15) is 0 Å². The van der Waals surface area contributed by atoms with Gasteiger partial charge in [-0.25, -0.2) is 0 Å². The van der Waals surface area contributed by atoms with Crippen LogP contribution < -0.4 is 0 Å². The van der Waals surface area contributed by atoms with Gasteiger partial charge in [0.15, 0.2) is 0 Å². The minimum atomic E-state index is 0.966. The highest BCUT2D eigenvalue weighted by Gasteiger charge is 2.08. The molecule has 0 atom stereocenters. The first-order chi connectivity index (χ1) is 12.7. The molecule has 1 aromatic rings. The monoisotopic (exact) mass is 367 g/mol. The standard InChI is InChI=1S/C17H31N3.3C2H6/c1-5-12-19(7-3)13-14-20(8-4)15-17-11-9-10-16(6-2)18-17;3*1-2/h9-11H,5-8,12-15H2,1-4H3;3*1-2H3. The number of pyridine rings is 1. The van der Waals surface area contributed by atoms with Gasteiger partial charge < -0.3 is 4.90 Å². The minimum Gasteiger partial charge on any atom is -0.302 e. The molecule has 0 aliphatic carbocycles. The smallest absolute Gasteiger partial charge is 0.0547 e. The van der Waals surface area contributed by atoms with Gasteiger partial charge in [0.1, 0.15) is 0 Å². The lowest BCUT2D eigenvalue weighted by atomic mass is 10.2. The highest BCUT2D eigenvalue weighted by atomic mass is 15.2. The SMILES string of the molecule is CC.CC.CC.CCCN(CC)CCN(CC)Cc1cccc(CC)n1. The summed E-state index contributed by atoms with van der Waals surface area (Å²) in [6, 6.07) is 6.38. The van der Waals surface area contributed by atoms with E-state index in [1.54, 1.807) is 0 Å². The van der Waals surface area contributed by atoms with Gasteiger partial charge in [-0.3, -0.25) is 9.88 Å². The van der Waals surface area contributed by atoms with Crippen LogP contribution in [0, 0.1) is 0 Å². The zero-order valence-corrected chi connectivity index (χ0v) is 19.7. The quantitative estimate of drug-likeness (QED) is 0.485. The lowest BCUT2D eigenvalue weighted by molar-refractivity contribution is 0.208. The predicted molar refractivity (Wildman–Crippen MR) is 121 cm³/mol. The van der Waals surface area contributed by atoms with Crippen molar-refractivity contribution in [1.82, 2.24) is 14.8 Å². The van der Waals surface area contributed by atoms with Gasteiger partial charge in [0, 0.05) is 25.3 Å². The van der Waals surface area contributed by atoms with Crippen molar-refractivity contribution >= 4 is 0 Å². The van der Waals surface area contributed by atoms with E-state index in [0.29, 0.717) is 0 Å². The maximum atomic E-state index is 4.71. The molecule has 3 nitrogen and oxygen atoms in total. The average Bonchev–Trinajstić information content (AvgIpc) is 2.74. The van der Waals surface area contributed by atoms with Gasteiger partial charge in [0.2, 0.25) is 0 Å². The molecule has 0 aliphatic heterocycles. The van der Waals surface area contributed by atoms with Crippen molar-refractivity contribution in [3.63, 3.8) is 0 Å². The second kappa shape index (κ2) is 24.1. The third-order valence-corrected chi connectivity index (χ3v) is 3.78. The van der Waals surface area contributed by atoms with E-state index < -0.39 is 0 Å². The summed E-state index contributed by atoms with van der Waals surface area (Å²) >= 11 is 0. The Kier molecular flexibility index (Phi) is 27.6. The van der Waals surface area contributed by atoms with E-state index in [1.807, 2.05) is 41.5 Å². The van der Waals surface area contributed by atoms with Crippen LogP contribution >= 0.6 is 0 Å². The number of aryl methyl sites for hydroxylation is 1. The molecule has 0 saturated heterocycles. The fraction of sp³-hybridized carbons (Fsp3) is 0.783. The first kappa shape index (κ1) is 29.8. The fourth-order valence-corrected chi connectivity index (χ4v) is 2.42. The second-order valence-electron chi connectivity index (χ2n) is 5.28. The molecule has 0 N–H and O–H groups in total. The Morgan fingerprint density at radius 1 is 0.692 bits per heavy atom. The third kappa shape index (κ3) is 15.3. The molecule has 0 fully saturated rings. The van der Waals surface area contributed by atoms with Crippen LogP contribution in [0.2, 0.25) is 0 Å². The Morgan fingerprint density at radius 2 is 1.19 bits per heavy atom. The molecule has 1 heterocycles. The normalized spacial score (nSPS) is 9.54. The zero-order chi connectivity index (χ0) is 20.8. The highest BCUT2D eigenvalue weighted by Crippen LogP contribution is 2.05. The molecule has 0 saturated carbocycles. The molecule has 1 aromatic heterocycles. The summed E-state index contributed by atoms with van der Waals surface area (Å²) < 4.78 is 0. The van der Waals surface area contributed by atoms with E-state index in [0.717, 1.165) is 39.1 Å². The maximum Gasteiger partial charge on any atom is 0.0547 e. The Labute approximate surface area is 166 Å². The number of aromatic nitrogens is 1. The lowest BCUT2D eigenvalue weighted by Gasteiger charge is -2.25. The molecule has 156 valence electrons. The first-order valence-corrected chi connectivity index (χ1v) is 11.1. The van der Waals surface area contributed by atoms with E-state index in [1.165, 1.54) is 24.4 Å². The molecule has 0 aromatic carbocycles. The second-order valence-corrected chi connectivity index (χ2v) is 5.28. The van der Waals surface area contributed by atoms with Crippen molar-refractivity contribution in [2.24, 2.45) is 0 Å². The van der Waals surface area contributed by atoms with Crippen LogP contribution in [0.15, 0.2) is 18.2 Å². The molecule has 0 spiro atoms. The summed E-state index contributed by atoms with van der Waals surface area (Å²) in [5.41, 5.74) is 2.39. The largest absolute Gasteiger partial charge is 0.302 e. The van der Waals surface area contributed by atoms with Crippen LogP contribution in [-0.4, -0.2) is 47.5 Å². The average molecular weight is 368 g/mol. The fourth-order valence-electron chi connectivity index (χ4n) is 2.42. The van der Waals surface area contributed by atoms with Crippen LogP contribution in [0.5, 0.6) is 0 Å². The Bertz CT molecular complexity index is 366. The van der Waals surface area contributed by atoms with Crippen LogP contribution in [0.25, 0.3) is 0 Å². The summed E-state index contributed by atoms with van der Waals surface area (Å²) in [6.45, 7) is 27.6. The molecule has 0 radical (unpaired) electrons. The van der Waals surface area contributed by atoms with Gasteiger partial charge in [0.05, 0.1) is 5.69 Å². The summed E-state index contributed by atoms with van der Waals surface area (Å²) in [5.74, 6) is 0. The van der Waals surface area contributed by atoms with Crippen LogP contribution in [-0.2, 0) is 13.0 Å². The maximum absolute atomic E-state index is 4.71. The Balaban J connectivity index is -0.000000795. The third-order valence-electron chi connectivity index (χ3n) is 3.78. The van der Waals surface area contributed by atoms with Gasteiger partial charge in [-0.1, -0.05) is 75.3 Å². The molecule has 0 amide bonds. The van der Waals surface area contributed by atoms with Gasteiger partial charge in [0.25, 0.3) is 0 Å². The minimum absolute atomic E-state index is 0.966. The predicted octanol–water partition coefficient (Wildman–Crippen LogP) is 6.28. The molecule has 0 bridgehead atoms. The number of nitrogens with zero attached hydrogens (tertiary/aromatic N) is 3. The summed E-state index contributed by atoms with van der Waals surface area (Å²) in [4.78, 5) is 9.72. The van der Waals surface area contributed by atoms with Gasteiger partial charge >= 0.3 is 0 Å². The molecule has 0 aliphatic rings. The van der Waals surface area contributed by atoms with Crippen molar-refractivity contribution in [3.05, 3.63) is 29.6 Å². The molecule has 1 rings (SSSR count). The molecular formula is C23H49N3. The number of rotatable bonds is 10. The molecule has 0 unspecified atom stereocenters. The van der Waals surface area contributed by atoms with Crippen molar-refractivity contribution in [1.29, 1.82) is 0 Å². The van der Waals surface area contributed by atoms with E-state index >= 15 is 0 Å². The van der Waals surface area contributed by atoms with E-state index in [-0.39, 0.29) is 0 Å². The van der Waals surface area contributed by atoms with Crippen LogP contribution in [0.4, 0.5) is 0 Å².